The van der Waals surface area contributed by atoms with E-state index < -0.39 is 0 Å². The lowest BCUT2D eigenvalue weighted by Gasteiger charge is -2.59. The molecule has 0 heterocycles. The molecule has 182 valence electrons. The molecule has 2 N–H and O–H groups in total. The maximum atomic E-state index is 10.3. The van der Waals surface area contributed by atoms with Crippen LogP contribution < -0.4 is 0 Å². The highest BCUT2D eigenvalue weighted by Gasteiger charge is 2.61. The van der Waals surface area contributed by atoms with Crippen molar-refractivity contribution in [3.63, 3.8) is 0 Å². The van der Waals surface area contributed by atoms with Gasteiger partial charge >= 0.3 is 0 Å². The molecule has 4 aliphatic rings. The van der Waals surface area contributed by atoms with E-state index in [9.17, 15) is 10.4 Å². The van der Waals surface area contributed by atoms with Crippen molar-refractivity contribution in [1.29, 1.82) is 0 Å². The standard InChI is InChI=1S/C29H48O3/c1-7-20(18(2)3)9-8-19(4)23-10-11-24-27-25(13-15-29(23,24)6)28(5)14-12-22(30)16-21(28)17-26(27)32-31/h8-9,17-20,22-27,30-31H,7,10-16H2,1-6H3/b9-8-/t19-,20+,22-,23+,24-,25-,26+,27+,28+,29-/m0/s1. The molecular formula is C29H48O3. The molecule has 32 heavy (non-hydrogen) atoms. The van der Waals surface area contributed by atoms with Crippen molar-refractivity contribution in [2.45, 2.75) is 105 Å². The Morgan fingerprint density at radius 1 is 1.06 bits per heavy atom. The summed E-state index contributed by atoms with van der Waals surface area (Å²) in [5.74, 6) is 4.23. The van der Waals surface area contributed by atoms with E-state index in [0.29, 0.717) is 46.8 Å². The van der Waals surface area contributed by atoms with E-state index >= 15 is 0 Å². The van der Waals surface area contributed by atoms with Gasteiger partial charge in [-0.2, -0.15) is 0 Å². The first-order chi connectivity index (χ1) is 15.2. The largest absolute Gasteiger partial charge is 0.393 e. The maximum Gasteiger partial charge on any atom is 0.114 e. The molecule has 3 fully saturated rings. The molecule has 3 heteroatoms. The van der Waals surface area contributed by atoms with E-state index in [1.807, 2.05) is 0 Å². The molecule has 0 amide bonds. The first-order valence-corrected chi connectivity index (χ1v) is 13.5. The van der Waals surface area contributed by atoms with Crippen LogP contribution in [0.1, 0.15) is 92.9 Å². The van der Waals surface area contributed by atoms with E-state index in [2.05, 4.69) is 59.8 Å². The van der Waals surface area contributed by atoms with Gasteiger partial charge in [-0.3, -0.25) is 5.26 Å². The van der Waals surface area contributed by atoms with Crippen LogP contribution in [-0.4, -0.2) is 22.6 Å². The third-order valence-corrected chi connectivity index (χ3v) is 10.9. The molecule has 0 aliphatic heterocycles. The number of fused-ring (bicyclic) bond motifs is 5. The van der Waals surface area contributed by atoms with Gasteiger partial charge in [-0.25, -0.2) is 4.89 Å². The number of hydrogen-bond donors (Lipinski definition) is 2. The zero-order valence-corrected chi connectivity index (χ0v) is 21.4. The molecule has 0 aromatic rings. The molecule has 3 nitrogen and oxygen atoms in total. The SMILES string of the molecule is CC[C@H](/C=C\[C@H](C)[C@H]1CC[C@H]2[C@H]3[C@H](OO)C=C4C[C@@H](O)CC[C@@]4(C)[C@H]3CC[C@@]12C)C(C)C. The van der Waals surface area contributed by atoms with Crippen molar-refractivity contribution in [2.75, 3.05) is 0 Å². The van der Waals surface area contributed by atoms with Gasteiger partial charge in [-0.15, -0.1) is 0 Å². The molecule has 0 aromatic heterocycles. The quantitative estimate of drug-likeness (QED) is 0.257. The molecule has 0 saturated heterocycles. The molecular weight excluding hydrogens is 396 g/mol. The summed E-state index contributed by atoms with van der Waals surface area (Å²) < 4.78 is 0. The lowest BCUT2D eigenvalue weighted by molar-refractivity contribution is -0.296. The minimum absolute atomic E-state index is 0.162. The van der Waals surface area contributed by atoms with Crippen LogP contribution in [0.3, 0.4) is 0 Å². The third kappa shape index (κ3) is 3.95. The maximum absolute atomic E-state index is 10.3. The van der Waals surface area contributed by atoms with Gasteiger partial charge in [0.2, 0.25) is 0 Å². The Balaban J connectivity index is 1.59. The summed E-state index contributed by atoms with van der Waals surface area (Å²) in [5, 5.41) is 20.3. The number of rotatable bonds is 6. The topological polar surface area (TPSA) is 49.7 Å². The van der Waals surface area contributed by atoms with Gasteiger partial charge in [0.05, 0.1) is 6.10 Å². The fourth-order valence-corrected chi connectivity index (χ4v) is 8.89. The monoisotopic (exact) mass is 444 g/mol. The summed E-state index contributed by atoms with van der Waals surface area (Å²) in [6.45, 7) is 14.4. The van der Waals surface area contributed by atoms with Crippen LogP contribution in [-0.2, 0) is 4.89 Å². The number of aliphatic hydroxyl groups is 1. The second-order valence-electron chi connectivity index (χ2n) is 12.7. The molecule has 10 atom stereocenters. The summed E-state index contributed by atoms with van der Waals surface area (Å²) in [5.41, 5.74) is 1.82. The van der Waals surface area contributed by atoms with Crippen LogP contribution in [0.2, 0.25) is 0 Å². The first kappa shape index (κ1) is 24.5. The van der Waals surface area contributed by atoms with Crippen LogP contribution >= 0.6 is 0 Å². The van der Waals surface area contributed by atoms with Gasteiger partial charge < -0.3 is 5.11 Å². The van der Waals surface area contributed by atoms with Gasteiger partial charge in [0.1, 0.15) is 6.10 Å². The molecule has 3 saturated carbocycles. The molecule has 0 unspecified atom stereocenters. The lowest BCUT2D eigenvalue weighted by atomic mass is 9.46. The molecule has 4 aliphatic carbocycles. The Morgan fingerprint density at radius 2 is 1.81 bits per heavy atom. The van der Waals surface area contributed by atoms with Crippen molar-refractivity contribution in [3.8, 4) is 0 Å². The molecule has 0 spiro atoms. The minimum Gasteiger partial charge on any atom is -0.393 e. The Kier molecular flexibility index (Phi) is 7.03. The van der Waals surface area contributed by atoms with Crippen molar-refractivity contribution >= 4 is 0 Å². The van der Waals surface area contributed by atoms with Crippen molar-refractivity contribution in [1.82, 2.24) is 0 Å². The van der Waals surface area contributed by atoms with Gasteiger partial charge in [0, 0.05) is 0 Å². The normalized spacial score (nSPS) is 45.8. The highest BCUT2D eigenvalue weighted by molar-refractivity contribution is 5.28. The average molecular weight is 445 g/mol. The summed E-state index contributed by atoms with van der Waals surface area (Å²) >= 11 is 0. The molecule has 4 rings (SSSR count). The van der Waals surface area contributed by atoms with E-state index in [-0.39, 0.29) is 17.6 Å². The van der Waals surface area contributed by atoms with E-state index in [4.69, 9.17) is 4.89 Å². The predicted molar refractivity (Wildman–Crippen MR) is 131 cm³/mol. The van der Waals surface area contributed by atoms with Gasteiger partial charge in [0.25, 0.3) is 0 Å². The summed E-state index contributed by atoms with van der Waals surface area (Å²) in [6, 6.07) is 0. The third-order valence-electron chi connectivity index (χ3n) is 10.9. The zero-order chi connectivity index (χ0) is 23.3. The van der Waals surface area contributed by atoms with Crippen LogP contribution in [0.5, 0.6) is 0 Å². The Bertz CT molecular complexity index is 726. The first-order valence-electron chi connectivity index (χ1n) is 13.5. The van der Waals surface area contributed by atoms with Crippen LogP contribution in [0, 0.1) is 52.3 Å². The highest BCUT2D eigenvalue weighted by Crippen LogP contribution is 2.67. The van der Waals surface area contributed by atoms with Crippen molar-refractivity contribution < 1.29 is 15.3 Å². The van der Waals surface area contributed by atoms with Crippen LogP contribution in [0.25, 0.3) is 0 Å². The molecule has 0 radical (unpaired) electrons. The number of allylic oxidation sites excluding steroid dienone is 2. The Labute approximate surface area is 196 Å². The van der Waals surface area contributed by atoms with Crippen molar-refractivity contribution in [2.24, 2.45) is 52.3 Å². The van der Waals surface area contributed by atoms with Crippen LogP contribution in [0.15, 0.2) is 23.8 Å². The fraction of sp³-hybridized carbons (Fsp3) is 0.862. The molecule has 0 aromatic carbocycles. The lowest BCUT2D eigenvalue weighted by Crippen LogP contribution is -2.55. The van der Waals surface area contributed by atoms with Gasteiger partial charge in [0.15, 0.2) is 0 Å². The zero-order valence-electron chi connectivity index (χ0n) is 21.4. The summed E-state index contributed by atoms with van der Waals surface area (Å²) in [7, 11) is 0. The van der Waals surface area contributed by atoms with E-state index in [1.165, 1.54) is 37.7 Å². The van der Waals surface area contributed by atoms with Gasteiger partial charge in [-0.1, -0.05) is 65.3 Å². The minimum atomic E-state index is -0.236. The summed E-state index contributed by atoms with van der Waals surface area (Å²) in [4.78, 5) is 5.19. The molecule has 0 bridgehead atoms. The Morgan fingerprint density at radius 3 is 2.47 bits per heavy atom. The highest BCUT2D eigenvalue weighted by atomic mass is 17.1. The number of hydrogen-bond acceptors (Lipinski definition) is 3. The summed E-state index contributed by atoms with van der Waals surface area (Å²) in [6.07, 6.45) is 15.8. The smallest absolute Gasteiger partial charge is 0.114 e. The van der Waals surface area contributed by atoms with Crippen LogP contribution in [0.4, 0.5) is 0 Å². The second kappa shape index (κ2) is 9.19. The van der Waals surface area contributed by atoms with Crippen molar-refractivity contribution in [3.05, 3.63) is 23.8 Å². The predicted octanol–water partition coefficient (Wildman–Crippen LogP) is 7.27. The van der Waals surface area contributed by atoms with E-state index in [1.54, 1.807) is 0 Å². The average Bonchev–Trinajstić information content (AvgIpc) is 3.11. The fourth-order valence-electron chi connectivity index (χ4n) is 8.89. The van der Waals surface area contributed by atoms with E-state index in [0.717, 1.165) is 19.3 Å². The van der Waals surface area contributed by atoms with Gasteiger partial charge in [-0.05, 0) is 104 Å². The number of aliphatic hydroxyl groups excluding tert-OH is 1. The Hall–Kier alpha value is -0.640. The second-order valence-corrected chi connectivity index (χ2v) is 12.7.